The highest BCUT2D eigenvalue weighted by molar-refractivity contribution is 6.42. The van der Waals surface area contributed by atoms with Crippen LogP contribution in [0.15, 0.2) is 54.1 Å². The number of allylic oxidation sites excluding steroid dienone is 2. The molecule has 1 fully saturated rings. The zero-order chi connectivity index (χ0) is 18.6. The number of aliphatic imine (C=N–C) groups is 1. The van der Waals surface area contributed by atoms with Gasteiger partial charge in [-0.2, -0.15) is 0 Å². The van der Waals surface area contributed by atoms with E-state index in [2.05, 4.69) is 29.1 Å². The molecule has 0 radical (unpaired) electrons. The molecule has 2 aliphatic heterocycles. The Morgan fingerprint density at radius 2 is 1.92 bits per heavy atom. The minimum Gasteiger partial charge on any atom is -0.371 e. The van der Waals surface area contributed by atoms with Crippen LogP contribution >= 0.6 is 23.2 Å². The normalized spacial score (nSPS) is 24.4. The SMILES string of the molecule is C=C/C=C(\C=C)CN=C1Nc2cc(Cl)c(Cl)cc2NC12CCCNCC2. The highest BCUT2D eigenvalue weighted by Crippen LogP contribution is 2.40. The Morgan fingerprint density at radius 1 is 1.15 bits per heavy atom. The van der Waals surface area contributed by atoms with Crippen molar-refractivity contribution in [2.24, 2.45) is 4.99 Å². The van der Waals surface area contributed by atoms with Gasteiger partial charge in [-0.05, 0) is 50.1 Å². The van der Waals surface area contributed by atoms with Crippen LogP contribution in [-0.4, -0.2) is 31.0 Å². The van der Waals surface area contributed by atoms with E-state index in [9.17, 15) is 0 Å². The quantitative estimate of drug-likeness (QED) is 0.631. The molecule has 0 aliphatic carbocycles. The largest absolute Gasteiger partial charge is 0.371 e. The van der Waals surface area contributed by atoms with Gasteiger partial charge in [0.15, 0.2) is 0 Å². The van der Waals surface area contributed by atoms with Gasteiger partial charge in [0.05, 0.1) is 33.5 Å². The Bertz CT molecular complexity index is 759. The summed E-state index contributed by atoms with van der Waals surface area (Å²) >= 11 is 12.4. The predicted octanol–water partition coefficient (Wildman–Crippen LogP) is 5.04. The second-order valence-corrected chi connectivity index (χ2v) is 7.41. The van der Waals surface area contributed by atoms with Crippen molar-refractivity contribution in [3.8, 4) is 0 Å². The zero-order valence-corrected chi connectivity index (χ0v) is 16.3. The topological polar surface area (TPSA) is 48.5 Å². The van der Waals surface area contributed by atoms with Crippen molar-refractivity contribution in [1.29, 1.82) is 0 Å². The number of halogens is 2. The highest BCUT2D eigenvalue weighted by atomic mass is 35.5. The number of nitrogens with one attached hydrogen (secondary N) is 3. The lowest BCUT2D eigenvalue weighted by atomic mass is 9.86. The lowest BCUT2D eigenvalue weighted by Gasteiger charge is -2.41. The van der Waals surface area contributed by atoms with Crippen LogP contribution in [0, 0.1) is 0 Å². The summed E-state index contributed by atoms with van der Waals surface area (Å²) in [5, 5.41) is 11.7. The van der Waals surface area contributed by atoms with Crippen LogP contribution < -0.4 is 16.0 Å². The number of benzene rings is 1. The summed E-state index contributed by atoms with van der Waals surface area (Å²) in [5.41, 5.74) is 2.64. The summed E-state index contributed by atoms with van der Waals surface area (Å²) < 4.78 is 0. The Labute approximate surface area is 165 Å². The van der Waals surface area contributed by atoms with Crippen molar-refractivity contribution in [2.75, 3.05) is 30.3 Å². The Hall–Kier alpha value is -1.75. The first kappa shape index (κ1) is 19.0. The molecule has 1 spiro atoms. The van der Waals surface area contributed by atoms with Gasteiger partial charge < -0.3 is 16.0 Å². The van der Waals surface area contributed by atoms with Gasteiger partial charge in [-0.3, -0.25) is 4.99 Å². The van der Waals surface area contributed by atoms with Crippen LogP contribution in [0.4, 0.5) is 11.4 Å². The van der Waals surface area contributed by atoms with Crippen molar-refractivity contribution < 1.29 is 0 Å². The fourth-order valence-electron chi connectivity index (χ4n) is 3.44. The molecular formula is C20H24Cl2N4. The summed E-state index contributed by atoms with van der Waals surface area (Å²) in [6.45, 7) is 10.1. The lowest BCUT2D eigenvalue weighted by molar-refractivity contribution is 0.539. The standard InChI is InChI=1S/C20H24Cl2N4/c1-3-6-14(4-2)13-24-19-20(7-5-9-23-10-8-20)26-18-12-16(22)15(21)11-17(18)25-19/h3-4,6,11-12,23,26H,1-2,5,7-10,13H2,(H,24,25)/b14-6+. The summed E-state index contributed by atoms with van der Waals surface area (Å²) in [6.07, 6.45) is 8.49. The monoisotopic (exact) mass is 390 g/mol. The predicted molar refractivity (Wildman–Crippen MR) is 114 cm³/mol. The molecule has 1 unspecified atom stereocenters. The van der Waals surface area contributed by atoms with Gasteiger partial charge >= 0.3 is 0 Å². The maximum atomic E-state index is 6.23. The first-order valence-electron chi connectivity index (χ1n) is 8.82. The molecule has 1 aromatic carbocycles. The Balaban J connectivity index is 2.00. The number of fused-ring (bicyclic) bond motifs is 1. The van der Waals surface area contributed by atoms with Crippen molar-refractivity contribution >= 4 is 40.4 Å². The van der Waals surface area contributed by atoms with Gasteiger partial charge in [-0.15, -0.1) is 0 Å². The molecule has 3 N–H and O–H groups in total. The third kappa shape index (κ3) is 3.98. The maximum absolute atomic E-state index is 6.23. The smallest absolute Gasteiger partial charge is 0.127 e. The molecule has 1 atom stereocenters. The van der Waals surface area contributed by atoms with Crippen molar-refractivity contribution in [1.82, 2.24) is 5.32 Å². The molecule has 0 saturated carbocycles. The first-order chi connectivity index (χ1) is 12.6. The van der Waals surface area contributed by atoms with Crippen molar-refractivity contribution in [2.45, 2.75) is 24.8 Å². The van der Waals surface area contributed by atoms with Gasteiger partial charge in [0.25, 0.3) is 0 Å². The summed E-state index contributed by atoms with van der Waals surface area (Å²) in [7, 11) is 0. The van der Waals surface area contributed by atoms with Gasteiger partial charge in [0.1, 0.15) is 5.84 Å². The van der Waals surface area contributed by atoms with Crippen LogP contribution in [0.3, 0.4) is 0 Å². The van der Waals surface area contributed by atoms with E-state index in [4.69, 9.17) is 28.2 Å². The van der Waals surface area contributed by atoms with E-state index < -0.39 is 0 Å². The lowest BCUT2D eigenvalue weighted by Crippen LogP contribution is -2.53. The van der Waals surface area contributed by atoms with Crippen LogP contribution in [0.5, 0.6) is 0 Å². The first-order valence-corrected chi connectivity index (χ1v) is 9.57. The second-order valence-electron chi connectivity index (χ2n) is 6.59. The molecule has 3 rings (SSSR count). The molecule has 6 heteroatoms. The van der Waals surface area contributed by atoms with Crippen LogP contribution in [0.1, 0.15) is 19.3 Å². The van der Waals surface area contributed by atoms with Gasteiger partial charge in [-0.25, -0.2) is 0 Å². The zero-order valence-electron chi connectivity index (χ0n) is 14.7. The number of rotatable bonds is 4. The third-order valence-corrected chi connectivity index (χ3v) is 5.56. The van der Waals surface area contributed by atoms with E-state index in [1.807, 2.05) is 24.3 Å². The van der Waals surface area contributed by atoms with E-state index in [1.165, 1.54) is 0 Å². The molecule has 0 aromatic heterocycles. The second kappa shape index (κ2) is 8.30. The summed E-state index contributed by atoms with van der Waals surface area (Å²) in [6, 6.07) is 3.73. The molecule has 4 nitrogen and oxygen atoms in total. The van der Waals surface area contributed by atoms with Crippen molar-refractivity contribution in [3.05, 3.63) is 59.1 Å². The number of hydrogen-bond donors (Lipinski definition) is 3. The Morgan fingerprint density at radius 3 is 2.65 bits per heavy atom. The van der Waals surface area contributed by atoms with Gasteiger partial charge in [-0.1, -0.05) is 54.6 Å². The van der Waals surface area contributed by atoms with E-state index in [-0.39, 0.29) is 5.54 Å². The molecule has 138 valence electrons. The van der Waals surface area contributed by atoms with E-state index in [0.29, 0.717) is 16.6 Å². The maximum Gasteiger partial charge on any atom is 0.127 e. The minimum absolute atomic E-state index is 0.242. The number of hydrogen-bond acceptors (Lipinski definition) is 3. The van der Waals surface area contributed by atoms with Gasteiger partial charge in [0.2, 0.25) is 0 Å². The molecule has 2 heterocycles. The van der Waals surface area contributed by atoms with E-state index >= 15 is 0 Å². The molecule has 1 aromatic rings. The molecule has 2 aliphatic rings. The third-order valence-electron chi connectivity index (χ3n) is 4.84. The summed E-state index contributed by atoms with van der Waals surface area (Å²) in [4.78, 5) is 4.89. The molecule has 0 bridgehead atoms. The van der Waals surface area contributed by atoms with Gasteiger partial charge in [0, 0.05) is 0 Å². The van der Waals surface area contributed by atoms with Crippen LogP contribution in [0.2, 0.25) is 10.0 Å². The van der Waals surface area contributed by atoms with Crippen molar-refractivity contribution in [3.63, 3.8) is 0 Å². The fraction of sp³-hybridized carbons (Fsp3) is 0.350. The van der Waals surface area contributed by atoms with Crippen LogP contribution in [-0.2, 0) is 0 Å². The summed E-state index contributed by atoms with van der Waals surface area (Å²) in [5.74, 6) is 0.934. The highest BCUT2D eigenvalue weighted by Gasteiger charge is 2.40. The molecular weight excluding hydrogens is 367 g/mol. The fourth-order valence-corrected chi connectivity index (χ4v) is 3.77. The minimum atomic E-state index is -0.242. The average Bonchev–Trinajstić information content (AvgIpc) is 2.86. The van der Waals surface area contributed by atoms with E-state index in [0.717, 1.165) is 55.1 Å². The number of anilines is 2. The van der Waals surface area contributed by atoms with E-state index in [1.54, 1.807) is 6.08 Å². The molecule has 26 heavy (non-hydrogen) atoms. The number of amidine groups is 1. The molecule has 1 saturated heterocycles. The average molecular weight is 391 g/mol. The Kier molecular flexibility index (Phi) is 6.07. The molecule has 0 amide bonds. The van der Waals surface area contributed by atoms with Crippen LogP contribution in [0.25, 0.3) is 0 Å². The number of nitrogens with zero attached hydrogens (tertiary/aromatic N) is 1.